The zero-order valence-corrected chi connectivity index (χ0v) is 16.8. The van der Waals surface area contributed by atoms with Crippen molar-refractivity contribution in [2.45, 2.75) is 20.4 Å². The maximum absolute atomic E-state index is 13.1. The molecule has 4 aromatic rings. The number of halogens is 1. The molecule has 2 aromatic carbocycles. The first-order chi connectivity index (χ1) is 14.0. The number of nitrogens with one attached hydrogen (secondary N) is 1. The number of hydrogen-bond donors (Lipinski definition) is 1. The van der Waals surface area contributed by atoms with Gasteiger partial charge in [-0.3, -0.25) is 18.7 Å². The Balaban J connectivity index is 1.71. The van der Waals surface area contributed by atoms with Crippen LogP contribution in [0.2, 0.25) is 5.02 Å². The Morgan fingerprint density at radius 2 is 1.86 bits per heavy atom. The zero-order valence-electron chi connectivity index (χ0n) is 16.0. The summed E-state index contributed by atoms with van der Waals surface area (Å²) in [6.07, 6.45) is 1.42. The van der Waals surface area contributed by atoms with Crippen molar-refractivity contribution in [1.82, 2.24) is 14.1 Å². The lowest BCUT2D eigenvalue weighted by atomic mass is 10.2. The molecular formula is C22H19ClN4O2. The van der Waals surface area contributed by atoms with E-state index in [1.54, 1.807) is 24.3 Å². The van der Waals surface area contributed by atoms with Gasteiger partial charge in [-0.25, -0.2) is 4.98 Å². The quantitative estimate of drug-likeness (QED) is 0.554. The van der Waals surface area contributed by atoms with E-state index in [1.165, 1.54) is 10.9 Å². The van der Waals surface area contributed by atoms with Gasteiger partial charge in [0.15, 0.2) is 5.65 Å². The lowest BCUT2D eigenvalue weighted by Crippen LogP contribution is -2.28. The van der Waals surface area contributed by atoms with Gasteiger partial charge in [-0.05, 0) is 49.7 Å². The number of aromatic nitrogens is 3. The predicted octanol–water partition coefficient (Wildman–Crippen LogP) is 4.10. The van der Waals surface area contributed by atoms with E-state index in [4.69, 9.17) is 11.6 Å². The highest BCUT2D eigenvalue weighted by atomic mass is 35.5. The Morgan fingerprint density at radius 3 is 2.59 bits per heavy atom. The van der Waals surface area contributed by atoms with E-state index in [9.17, 15) is 9.59 Å². The van der Waals surface area contributed by atoms with Gasteiger partial charge >= 0.3 is 0 Å². The maximum Gasteiger partial charge on any atom is 0.263 e. The fourth-order valence-corrected chi connectivity index (χ4v) is 3.60. The largest absolute Gasteiger partial charge is 0.324 e. The highest BCUT2D eigenvalue weighted by molar-refractivity contribution is 6.30. The second-order valence-corrected chi connectivity index (χ2v) is 7.25. The SMILES string of the molecule is Cc1c(C)n(-c2ccccc2)c2ncn(CC(=O)Nc3cccc(Cl)c3)c(=O)c12. The molecule has 0 aliphatic heterocycles. The summed E-state index contributed by atoms with van der Waals surface area (Å²) in [5, 5.41) is 3.79. The Kier molecular flexibility index (Phi) is 4.94. The summed E-state index contributed by atoms with van der Waals surface area (Å²) in [6.45, 7) is 3.72. The summed E-state index contributed by atoms with van der Waals surface area (Å²) in [6, 6.07) is 16.6. The van der Waals surface area contributed by atoms with Crippen LogP contribution >= 0.6 is 11.6 Å². The monoisotopic (exact) mass is 406 g/mol. The summed E-state index contributed by atoms with van der Waals surface area (Å²) in [5.74, 6) is -0.326. The number of carbonyl (C=O) groups excluding carboxylic acids is 1. The topological polar surface area (TPSA) is 68.9 Å². The summed E-state index contributed by atoms with van der Waals surface area (Å²) in [4.78, 5) is 30.0. The number of nitrogens with zero attached hydrogens (tertiary/aromatic N) is 3. The molecule has 0 radical (unpaired) electrons. The number of aryl methyl sites for hydroxylation is 1. The number of anilines is 1. The van der Waals surface area contributed by atoms with Crippen LogP contribution in [0.3, 0.4) is 0 Å². The highest BCUT2D eigenvalue weighted by Gasteiger charge is 2.18. The normalized spacial score (nSPS) is 11.0. The van der Waals surface area contributed by atoms with E-state index >= 15 is 0 Å². The van der Waals surface area contributed by atoms with E-state index in [2.05, 4.69) is 10.3 Å². The van der Waals surface area contributed by atoms with Crippen molar-refractivity contribution < 1.29 is 4.79 Å². The third-order valence-corrected chi connectivity index (χ3v) is 5.15. The molecule has 2 aromatic heterocycles. The van der Waals surface area contributed by atoms with E-state index < -0.39 is 0 Å². The Bertz CT molecular complexity index is 1280. The fourth-order valence-electron chi connectivity index (χ4n) is 3.41. The maximum atomic E-state index is 13.1. The molecule has 0 aliphatic rings. The van der Waals surface area contributed by atoms with Crippen LogP contribution in [0.25, 0.3) is 16.7 Å². The Morgan fingerprint density at radius 1 is 1.10 bits per heavy atom. The molecule has 4 rings (SSSR count). The molecule has 2 heterocycles. The van der Waals surface area contributed by atoms with Crippen molar-refractivity contribution in [3.8, 4) is 5.69 Å². The van der Waals surface area contributed by atoms with Crippen molar-refractivity contribution >= 4 is 34.2 Å². The number of amides is 1. The van der Waals surface area contributed by atoms with E-state index in [0.29, 0.717) is 21.7 Å². The van der Waals surface area contributed by atoms with Gasteiger partial charge in [0.1, 0.15) is 12.9 Å². The molecule has 0 atom stereocenters. The molecule has 1 N–H and O–H groups in total. The summed E-state index contributed by atoms with van der Waals surface area (Å²) < 4.78 is 3.28. The fraction of sp³-hybridized carbons (Fsp3) is 0.136. The lowest BCUT2D eigenvalue weighted by molar-refractivity contribution is -0.116. The molecule has 0 aliphatic carbocycles. The van der Waals surface area contributed by atoms with Crippen molar-refractivity contribution in [3.05, 3.63) is 87.6 Å². The second kappa shape index (κ2) is 7.56. The number of fused-ring (bicyclic) bond motifs is 1. The van der Waals surface area contributed by atoms with Crippen LogP contribution < -0.4 is 10.9 Å². The van der Waals surface area contributed by atoms with Crippen LogP contribution in [0.15, 0.2) is 65.7 Å². The molecule has 0 saturated carbocycles. The number of benzene rings is 2. The zero-order chi connectivity index (χ0) is 20.5. The molecular weight excluding hydrogens is 388 g/mol. The number of hydrogen-bond acceptors (Lipinski definition) is 3. The first kappa shape index (κ1) is 19.0. The third kappa shape index (κ3) is 3.54. The molecule has 0 fully saturated rings. The molecule has 146 valence electrons. The third-order valence-electron chi connectivity index (χ3n) is 4.92. The average molecular weight is 407 g/mol. The molecule has 7 heteroatoms. The van der Waals surface area contributed by atoms with Gasteiger partial charge in [0.2, 0.25) is 5.91 Å². The van der Waals surface area contributed by atoms with Gasteiger partial charge in [-0.1, -0.05) is 35.9 Å². The summed E-state index contributed by atoms with van der Waals surface area (Å²) >= 11 is 5.95. The van der Waals surface area contributed by atoms with Gasteiger partial charge in [-0.2, -0.15) is 0 Å². The number of para-hydroxylation sites is 1. The van der Waals surface area contributed by atoms with Gasteiger partial charge < -0.3 is 5.32 Å². The van der Waals surface area contributed by atoms with Crippen molar-refractivity contribution in [2.75, 3.05) is 5.32 Å². The van der Waals surface area contributed by atoms with Crippen molar-refractivity contribution in [3.63, 3.8) is 0 Å². The summed E-state index contributed by atoms with van der Waals surface area (Å²) in [5.41, 5.74) is 3.65. The number of rotatable bonds is 4. The molecule has 0 spiro atoms. The lowest BCUT2D eigenvalue weighted by Gasteiger charge is -2.09. The minimum Gasteiger partial charge on any atom is -0.324 e. The van der Waals surface area contributed by atoms with Gasteiger partial charge in [0, 0.05) is 22.1 Å². The van der Waals surface area contributed by atoms with Crippen molar-refractivity contribution in [1.29, 1.82) is 0 Å². The highest BCUT2D eigenvalue weighted by Crippen LogP contribution is 2.24. The minimum atomic E-state index is -0.326. The van der Waals surface area contributed by atoms with E-state index in [1.807, 2.05) is 48.7 Å². The first-order valence-electron chi connectivity index (χ1n) is 9.13. The smallest absolute Gasteiger partial charge is 0.263 e. The minimum absolute atomic E-state index is 0.136. The predicted molar refractivity (Wildman–Crippen MR) is 115 cm³/mol. The second-order valence-electron chi connectivity index (χ2n) is 6.82. The van der Waals surface area contributed by atoms with Crippen LogP contribution in [0.5, 0.6) is 0 Å². The van der Waals surface area contributed by atoms with Crippen LogP contribution in [0.4, 0.5) is 5.69 Å². The van der Waals surface area contributed by atoms with Gasteiger partial charge in [0.05, 0.1) is 5.39 Å². The molecule has 0 bridgehead atoms. The van der Waals surface area contributed by atoms with Gasteiger partial charge in [0.25, 0.3) is 5.56 Å². The van der Waals surface area contributed by atoms with Crippen LogP contribution in [-0.2, 0) is 11.3 Å². The van der Waals surface area contributed by atoms with E-state index in [0.717, 1.165) is 16.9 Å². The molecule has 1 amide bonds. The summed E-state index contributed by atoms with van der Waals surface area (Å²) in [7, 11) is 0. The van der Waals surface area contributed by atoms with Crippen molar-refractivity contribution in [2.24, 2.45) is 0 Å². The number of carbonyl (C=O) groups is 1. The Labute approximate surface area is 172 Å². The first-order valence-corrected chi connectivity index (χ1v) is 9.51. The average Bonchev–Trinajstić information content (AvgIpc) is 2.96. The van der Waals surface area contributed by atoms with Crippen LogP contribution in [-0.4, -0.2) is 20.0 Å². The van der Waals surface area contributed by atoms with Crippen LogP contribution in [0.1, 0.15) is 11.3 Å². The standard InChI is InChI=1S/C22H19ClN4O2/c1-14-15(2)27(18-9-4-3-5-10-18)21-20(14)22(29)26(13-24-21)12-19(28)25-17-8-6-7-16(23)11-17/h3-11,13H,12H2,1-2H3,(H,25,28). The Hall–Kier alpha value is -3.38. The molecule has 0 saturated heterocycles. The molecule has 0 unspecified atom stereocenters. The van der Waals surface area contributed by atoms with E-state index in [-0.39, 0.29) is 18.0 Å². The van der Waals surface area contributed by atoms with Gasteiger partial charge in [-0.15, -0.1) is 0 Å². The van der Waals surface area contributed by atoms with Crippen LogP contribution in [0, 0.1) is 13.8 Å². The molecule has 29 heavy (non-hydrogen) atoms. The molecule has 6 nitrogen and oxygen atoms in total.